The number of carbonyl (C=O) groups excluding carboxylic acids is 1. The summed E-state index contributed by atoms with van der Waals surface area (Å²) in [5.74, 6) is 0.216. The highest BCUT2D eigenvalue weighted by atomic mass is 16.5. The molecule has 0 bridgehead atoms. The van der Waals surface area contributed by atoms with E-state index in [4.69, 9.17) is 4.74 Å². The van der Waals surface area contributed by atoms with Crippen LogP contribution in [0.5, 0.6) is 0 Å². The molecule has 4 heteroatoms. The average molecular weight is 214 g/mol. The predicted octanol–water partition coefficient (Wildman–Crippen LogP) is 0.575. The molecule has 0 spiro atoms. The maximum absolute atomic E-state index is 11.8. The van der Waals surface area contributed by atoms with Crippen molar-refractivity contribution in [3.8, 4) is 0 Å². The molecule has 1 amide bonds. The molecule has 1 aliphatic heterocycles. The number of amides is 1. The first-order valence-corrected chi connectivity index (χ1v) is 5.47. The minimum atomic E-state index is 0.0863. The summed E-state index contributed by atoms with van der Waals surface area (Å²) < 4.78 is 4.98. The average Bonchev–Trinajstić information content (AvgIpc) is 2.14. The van der Waals surface area contributed by atoms with Gasteiger partial charge in [0.2, 0.25) is 5.91 Å². The summed E-state index contributed by atoms with van der Waals surface area (Å²) in [4.78, 5) is 15.9. The van der Waals surface area contributed by atoms with Crippen LogP contribution in [0.15, 0.2) is 0 Å². The molecule has 4 nitrogen and oxygen atoms in total. The van der Waals surface area contributed by atoms with Gasteiger partial charge in [-0.15, -0.1) is 0 Å². The van der Waals surface area contributed by atoms with Crippen LogP contribution >= 0.6 is 0 Å². The smallest absolute Gasteiger partial charge is 0.236 e. The fourth-order valence-electron chi connectivity index (χ4n) is 1.72. The van der Waals surface area contributed by atoms with E-state index in [2.05, 4.69) is 25.7 Å². The standard InChI is InChI=1S/C11H22N2O2/c1-11(2,3)13-6-5-12(7-8-15-4)10(14)9-13/h5-9H2,1-4H3. The summed E-state index contributed by atoms with van der Waals surface area (Å²) in [5.41, 5.74) is 0.0863. The Bertz CT molecular complexity index is 223. The largest absolute Gasteiger partial charge is 0.383 e. The van der Waals surface area contributed by atoms with E-state index in [-0.39, 0.29) is 11.4 Å². The van der Waals surface area contributed by atoms with Crippen molar-refractivity contribution in [2.75, 3.05) is 39.9 Å². The second kappa shape index (κ2) is 4.94. The van der Waals surface area contributed by atoms with Crippen molar-refractivity contribution < 1.29 is 9.53 Å². The van der Waals surface area contributed by atoms with E-state index in [9.17, 15) is 4.79 Å². The van der Waals surface area contributed by atoms with Crippen LogP contribution in [0.25, 0.3) is 0 Å². The zero-order valence-corrected chi connectivity index (χ0v) is 10.2. The third-order valence-electron chi connectivity index (χ3n) is 2.83. The maximum Gasteiger partial charge on any atom is 0.236 e. The molecule has 1 rings (SSSR count). The number of hydrogen-bond acceptors (Lipinski definition) is 3. The van der Waals surface area contributed by atoms with Gasteiger partial charge in [0.1, 0.15) is 0 Å². The number of methoxy groups -OCH3 is 1. The summed E-state index contributed by atoms with van der Waals surface area (Å²) >= 11 is 0. The van der Waals surface area contributed by atoms with Crippen LogP contribution in [-0.2, 0) is 9.53 Å². The number of rotatable bonds is 3. The van der Waals surface area contributed by atoms with E-state index in [0.29, 0.717) is 19.7 Å². The zero-order valence-electron chi connectivity index (χ0n) is 10.2. The SMILES string of the molecule is COCCN1CCN(C(C)(C)C)CC1=O. The van der Waals surface area contributed by atoms with E-state index >= 15 is 0 Å². The van der Waals surface area contributed by atoms with E-state index in [0.717, 1.165) is 13.1 Å². The third kappa shape index (κ3) is 3.47. The highest BCUT2D eigenvalue weighted by Gasteiger charge is 2.30. The molecule has 1 heterocycles. The van der Waals surface area contributed by atoms with Gasteiger partial charge in [-0.25, -0.2) is 0 Å². The van der Waals surface area contributed by atoms with Crippen molar-refractivity contribution in [3.63, 3.8) is 0 Å². The summed E-state index contributed by atoms with van der Waals surface area (Å²) in [7, 11) is 1.66. The van der Waals surface area contributed by atoms with Crippen molar-refractivity contribution in [3.05, 3.63) is 0 Å². The van der Waals surface area contributed by atoms with Gasteiger partial charge >= 0.3 is 0 Å². The van der Waals surface area contributed by atoms with E-state index in [1.54, 1.807) is 7.11 Å². The molecule has 0 radical (unpaired) electrons. The van der Waals surface area contributed by atoms with Gasteiger partial charge in [0.05, 0.1) is 13.2 Å². The van der Waals surface area contributed by atoms with Gasteiger partial charge in [-0.05, 0) is 20.8 Å². The number of carbonyl (C=O) groups is 1. The Balaban J connectivity index is 2.45. The molecular weight excluding hydrogens is 192 g/mol. The molecule has 0 saturated carbocycles. The van der Waals surface area contributed by atoms with Gasteiger partial charge in [0.25, 0.3) is 0 Å². The summed E-state index contributed by atoms with van der Waals surface area (Å²) in [6.45, 7) is 10.1. The quantitative estimate of drug-likeness (QED) is 0.689. The molecule has 1 saturated heterocycles. The van der Waals surface area contributed by atoms with Gasteiger partial charge in [-0.1, -0.05) is 0 Å². The molecule has 0 aliphatic carbocycles. The highest BCUT2D eigenvalue weighted by molar-refractivity contribution is 5.79. The molecule has 15 heavy (non-hydrogen) atoms. The minimum absolute atomic E-state index is 0.0863. The summed E-state index contributed by atoms with van der Waals surface area (Å²) in [6, 6.07) is 0. The third-order valence-corrected chi connectivity index (χ3v) is 2.83. The molecule has 1 fully saturated rings. The zero-order chi connectivity index (χ0) is 11.5. The van der Waals surface area contributed by atoms with Gasteiger partial charge in [0, 0.05) is 32.3 Å². The predicted molar refractivity (Wildman–Crippen MR) is 59.8 cm³/mol. The van der Waals surface area contributed by atoms with Crippen molar-refractivity contribution in [1.29, 1.82) is 0 Å². The van der Waals surface area contributed by atoms with Crippen LogP contribution in [0.3, 0.4) is 0 Å². The van der Waals surface area contributed by atoms with Crippen LogP contribution in [0.4, 0.5) is 0 Å². The summed E-state index contributed by atoms with van der Waals surface area (Å²) in [5, 5.41) is 0. The fourth-order valence-corrected chi connectivity index (χ4v) is 1.72. The van der Waals surface area contributed by atoms with Crippen molar-refractivity contribution in [1.82, 2.24) is 9.80 Å². The first-order chi connectivity index (χ1) is 6.95. The molecule has 0 N–H and O–H groups in total. The van der Waals surface area contributed by atoms with Crippen LogP contribution in [0.2, 0.25) is 0 Å². The number of hydrogen-bond donors (Lipinski definition) is 0. The Morgan fingerprint density at radius 1 is 1.33 bits per heavy atom. The van der Waals surface area contributed by atoms with Gasteiger partial charge < -0.3 is 9.64 Å². The highest BCUT2D eigenvalue weighted by Crippen LogP contribution is 2.16. The number of ether oxygens (including phenoxy) is 1. The Morgan fingerprint density at radius 3 is 2.47 bits per heavy atom. The molecule has 0 unspecified atom stereocenters. The molecule has 0 aromatic carbocycles. The summed E-state index contributed by atoms with van der Waals surface area (Å²) in [6.07, 6.45) is 0. The molecule has 0 atom stereocenters. The Hall–Kier alpha value is -0.610. The topological polar surface area (TPSA) is 32.8 Å². The second-order valence-corrected chi connectivity index (χ2v) is 4.97. The van der Waals surface area contributed by atoms with Crippen LogP contribution in [0.1, 0.15) is 20.8 Å². The van der Waals surface area contributed by atoms with Crippen molar-refractivity contribution in [2.45, 2.75) is 26.3 Å². The van der Waals surface area contributed by atoms with Gasteiger partial charge in [0.15, 0.2) is 0 Å². The van der Waals surface area contributed by atoms with Crippen LogP contribution < -0.4 is 0 Å². The van der Waals surface area contributed by atoms with Crippen molar-refractivity contribution >= 4 is 5.91 Å². The molecular formula is C11H22N2O2. The lowest BCUT2D eigenvalue weighted by atomic mass is 10.0. The lowest BCUT2D eigenvalue weighted by molar-refractivity contribution is -0.139. The molecule has 0 aromatic rings. The fraction of sp³-hybridized carbons (Fsp3) is 0.909. The molecule has 0 aromatic heterocycles. The Labute approximate surface area is 92.2 Å². The lowest BCUT2D eigenvalue weighted by Gasteiger charge is -2.41. The van der Waals surface area contributed by atoms with E-state index < -0.39 is 0 Å². The lowest BCUT2D eigenvalue weighted by Crippen LogP contribution is -2.56. The van der Waals surface area contributed by atoms with Crippen LogP contribution in [-0.4, -0.2) is 61.1 Å². The molecule has 88 valence electrons. The van der Waals surface area contributed by atoms with Gasteiger partial charge in [-0.3, -0.25) is 9.69 Å². The monoisotopic (exact) mass is 214 g/mol. The maximum atomic E-state index is 11.8. The first-order valence-electron chi connectivity index (χ1n) is 5.47. The minimum Gasteiger partial charge on any atom is -0.383 e. The second-order valence-electron chi connectivity index (χ2n) is 4.97. The number of nitrogens with zero attached hydrogens (tertiary/aromatic N) is 2. The van der Waals surface area contributed by atoms with E-state index in [1.807, 2.05) is 4.90 Å². The van der Waals surface area contributed by atoms with Crippen LogP contribution in [0, 0.1) is 0 Å². The molecule has 1 aliphatic rings. The van der Waals surface area contributed by atoms with Crippen molar-refractivity contribution in [2.24, 2.45) is 0 Å². The normalized spacial score (nSPS) is 19.7. The number of piperazine rings is 1. The Kier molecular flexibility index (Phi) is 4.11. The van der Waals surface area contributed by atoms with E-state index in [1.165, 1.54) is 0 Å². The Morgan fingerprint density at radius 2 is 2.00 bits per heavy atom. The van der Waals surface area contributed by atoms with Gasteiger partial charge in [-0.2, -0.15) is 0 Å². The first kappa shape index (κ1) is 12.5.